The molecule has 0 saturated carbocycles. The van der Waals surface area contributed by atoms with E-state index >= 15 is 0 Å². The van der Waals surface area contributed by atoms with Crippen LogP contribution in [-0.4, -0.2) is 153 Å². The number of nitrogens with zero attached hydrogens (tertiary/aromatic N) is 9. The molecule has 0 unspecified atom stereocenters. The Bertz CT molecular complexity index is 5260. The predicted octanol–water partition coefficient (Wildman–Crippen LogP) is 4.08. The number of sulfone groups is 2. The van der Waals surface area contributed by atoms with Crippen LogP contribution in [0.4, 0.5) is 68.2 Å². The van der Waals surface area contributed by atoms with E-state index in [0.717, 1.165) is 60.7 Å². The van der Waals surface area contributed by atoms with Crippen molar-refractivity contribution in [1.29, 1.82) is 0 Å². The van der Waals surface area contributed by atoms with E-state index in [1.54, 1.807) is 12.2 Å². The lowest BCUT2D eigenvalue weighted by Gasteiger charge is -2.21. The Hall–Kier alpha value is -8.54. The zero-order chi connectivity index (χ0) is 71.4. The third-order valence-corrected chi connectivity index (χ3v) is 20.3. The first-order valence-electron chi connectivity index (χ1n) is 24.7. The van der Waals surface area contributed by atoms with Crippen LogP contribution < -0.4 is 22.9 Å². The van der Waals surface area contributed by atoms with Crippen molar-refractivity contribution in [3.63, 3.8) is 0 Å². The molecule has 0 spiro atoms. The number of aliphatic hydroxyl groups excluding tert-OH is 1. The lowest BCUT2D eigenvalue weighted by molar-refractivity contribution is -0.135. The van der Waals surface area contributed by atoms with Crippen molar-refractivity contribution in [1.82, 2.24) is 4.90 Å². The summed E-state index contributed by atoms with van der Waals surface area (Å²) in [5.74, 6) is -1.32. The molecular formula is C46H47N13O29S10. The summed E-state index contributed by atoms with van der Waals surface area (Å²) in [5, 5.41) is 44.6. The second-order valence-electron chi connectivity index (χ2n) is 18.1. The average molecular weight is 1570 g/mol. The van der Waals surface area contributed by atoms with Gasteiger partial charge in [-0.05, 0) is 123 Å². The van der Waals surface area contributed by atoms with Crippen LogP contribution >= 0.6 is 23.5 Å². The van der Waals surface area contributed by atoms with Crippen molar-refractivity contribution in [2.75, 3.05) is 60.7 Å². The van der Waals surface area contributed by atoms with Gasteiger partial charge in [-0.3, -0.25) is 42.0 Å². The highest BCUT2D eigenvalue weighted by Crippen LogP contribution is 2.45. The van der Waals surface area contributed by atoms with E-state index in [9.17, 15) is 90.7 Å². The normalized spacial score (nSPS) is 12.7. The summed E-state index contributed by atoms with van der Waals surface area (Å²) in [4.78, 5) is 4.61. The second-order valence-corrected chi connectivity index (χ2v) is 31.6. The molecule has 0 aliphatic heterocycles. The Kier molecular flexibility index (Phi) is 27.9. The minimum atomic E-state index is -5.22. The van der Waals surface area contributed by atoms with Crippen LogP contribution in [0.1, 0.15) is 0 Å². The maximum Gasteiger partial charge on any atom is 0.433 e. The van der Waals surface area contributed by atoms with E-state index in [1.807, 2.05) is 0 Å². The van der Waals surface area contributed by atoms with Crippen LogP contribution in [0.15, 0.2) is 177 Å². The molecule has 52 heteroatoms. The Balaban J connectivity index is 0.0000102. The largest absolute Gasteiger partial charge is 0.433 e. The maximum atomic E-state index is 13.7. The minimum absolute atomic E-state index is 0. The van der Waals surface area contributed by atoms with E-state index in [-0.39, 0.29) is 61.5 Å². The highest BCUT2D eigenvalue weighted by molar-refractivity contribution is 8.04. The van der Waals surface area contributed by atoms with Crippen LogP contribution in [0.5, 0.6) is 0 Å². The zero-order valence-corrected chi connectivity index (χ0v) is 56.4. The van der Waals surface area contributed by atoms with Gasteiger partial charge in [0.15, 0.2) is 31.9 Å². The van der Waals surface area contributed by atoms with E-state index in [4.69, 9.17) is 32.0 Å². The van der Waals surface area contributed by atoms with Crippen LogP contribution in [0.25, 0.3) is 0 Å². The summed E-state index contributed by atoms with van der Waals surface area (Å²) < 4.78 is 260. The maximum absolute atomic E-state index is 13.7. The first kappa shape index (κ1) is 81.9. The number of nitrogens with two attached hydrogens (primary N) is 4. The minimum Gasteiger partial charge on any atom is -0.412 e. The molecule has 0 amide bonds. The lowest BCUT2D eigenvalue weighted by Crippen LogP contribution is -2.35. The van der Waals surface area contributed by atoms with Crippen molar-refractivity contribution in [2.45, 2.75) is 39.2 Å². The fraction of sp³-hybridized carbons (Fsp3) is 0.130. The summed E-state index contributed by atoms with van der Waals surface area (Å²) in [7, 11) is -39.2. The van der Waals surface area contributed by atoms with Gasteiger partial charge in [-0.2, -0.15) is 60.7 Å². The summed E-state index contributed by atoms with van der Waals surface area (Å²) >= 11 is 1.01. The fourth-order valence-corrected chi connectivity index (χ4v) is 13.8. The number of azo groups is 4. The van der Waals surface area contributed by atoms with Crippen molar-refractivity contribution >= 4 is 173 Å². The highest BCUT2D eigenvalue weighted by atomic mass is 32.3. The molecule has 42 nitrogen and oxygen atoms in total. The Morgan fingerprint density at radius 3 is 1.18 bits per heavy atom. The second kappa shape index (κ2) is 33.3. The summed E-state index contributed by atoms with van der Waals surface area (Å²) in [6.45, 7) is -1.45. The van der Waals surface area contributed by atoms with Gasteiger partial charge in [-0.25, -0.2) is 16.8 Å². The van der Waals surface area contributed by atoms with Gasteiger partial charge in [0.1, 0.15) is 53.7 Å². The molecule has 6 aromatic carbocycles. The molecule has 6 aromatic rings. The van der Waals surface area contributed by atoms with Gasteiger partial charge >= 0.3 is 20.8 Å². The Morgan fingerprint density at radius 1 is 0.408 bits per heavy atom. The third-order valence-electron chi connectivity index (χ3n) is 11.6. The summed E-state index contributed by atoms with van der Waals surface area (Å²) in [5.41, 5.74) is 17.7. The smallest absolute Gasteiger partial charge is 0.412 e. The standard InChI is InChI=1S/C46H43N13O27S10.2H2O/c47-41-35(55-53-33-10-6-29(23-37(33)91(65,66)67)87-18-16-83-85-95(77,78)79)25-39(93(71,72)73)43(49)45(41)57-51-27-4-8-31(9-5-27)89(61,62)20-13-59(12-15-60)14-21-90(63,64)32-3-1-2-28(22-32)52-58-46-42(48)36(26-40(44(46)50)94(74,75)76)56-54-34-11-7-30(24-38(34)92(68,69)70)88-19-17-84-86-96(80,81)82;;/h1-11,22-26,60H,12-15,20-21,47-50H2,(H,65,66,67)(H,68,69,70)(H,71,72,73)(H,74,75,76)(H,77,78,79)(H,80,81,82);2*1H2. The van der Waals surface area contributed by atoms with E-state index in [2.05, 4.69) is 69.9 Å². The molecule has 0 aliphatic rings. The van der Waals surface area contributed by atoms with Gasteiger partial charge in [-0.1, -0.05) is 6.07 Å². The van der Waals surface area contributed by atoms with Crippen molar-refractivity contribution in [3.8, 4) is 22.7 Å². The van der Waals surface area contributed by atoms with E-state index in [0.29, 0.717) is 35.7 Å². The Morgan fingerprint density at radius 2 is 0.796 bits per heavy atom. The third kappa shape index (κ3) is 23.6. The number of aliphatic hydroxyl groups is 1. The number of hydrogen-bond donors (Lipinski definition) is 11. The molecule has 0 aromatic heterocycles. The van der Waals surface area contributed by atoms with Crippen LogP contribution in [-0.2, 0) is 99.4 Å². The van der Waals surface area contributed by atoms with E-state index in [1.165, 1.54) is 29.2 Å². The van der Waals surface area contributed by atoms with Crippen molar-refractivity contribution in [3.05, 3.63) is 97.1 Å². The van der Waals surface area contributed by atoms with Crippen LogP contribution in [0, 0.1) is 22.7 Å². The quantitative estimate of drug-likeness (QED) is 0.00627. The number of rotatable bonds is 28. The molecule has 530 valence electrons. The molecule has 6 rings (SSSR count). The Labute approximate surface area is 563 Å². The zero-order valence-electron chi connectivity index (χ0n) is 48.2. The lowest BCUT2D eigenvalue weighted by atomic mass is 10.2. The molecule has 0 atom stereocenters. The van der Waals surface area contributed by atoms with Gasteiger partial charge < -0.3 is 39.0 Å². The molecule has 0 fully saturated rings. The first-order chi connectivity index (χ1) is 44.5. The molecule has 0 heterocycles. The number of hydrogen-bond acceptors (Lipinski definition) is 36. The predicted molar refractivity (Wildman–Crippen MR) is 342 cm³/mol. The molecule has 0 radical (unpaired) electrons. The first-order valence-corrected chi connectivity index (χ1v) is 38.2. The topological polar surface area (TPSA) is 721 Å². The number of nitrogen functional groups attached to an aromatic ring is 4. The van der Waals surface area contributed by atoms with Crippen molar-refractivity contribution in [2.24, 2.45) is 40.9 Å². The fourth-order valence-electron chi connectivity index (χ4n) is 7.24. The van der Waals surface area contributed by atoms with Crippen LogP contribution in [0.3, 0.4) is 0 Å². The van der Waals surface area contributed by atoms with Gasteiger partial charge in [-0.15, -0.1) is 30.7 Å². The monoisotopic (exact) mass is 1560 g/mol. The van der Waals surface area contributed by atoms with Gasteiger partial charge in [0.2, 0.25) is 0 Å². The summed E-state index contributed by atoms with van der Waals surface area (Å²) in [6.07, 6.45) is 3.43. The summed E-state index contributed by atoms with van der Waals surface area (Å²) in [6, 6.07) is 16.3. The molecule has 0 saturated heterocycles. The van der Waals surface area contributed by atoms with Gasteiger partial charge in [0.05, 0.1) is 62.0 Å². The van der Waals surface area contributed by atoms with Gasteiger partial charge in [0.25, 0.3) is 40.5 Å². The number of thioether (sulfide) groups is 2. The van der Waals surface area contributed by atoms with Crippen molar-refractivity contribution < 1.29 is 129 Å². The average Bonchev–Trinajstić information content (AvgIpc) is 0.783. The van der Waals surface area contributed by atoms with Crippen LogP contribution in [0.2, 0.25) is 0 Å². The van der Waals surface area contributed by atoms with E-state index < -0.39 is 176 Å². The number of benzene rings is 6. The molecule has 0 bridgehead atoms. The SMILES string of the molecule is Nc1c(N=Nc2ccc(SC#COOS(=O)(=O)O)cc2S(=O)(=O)O)cc(S(=O)(=O)O)c(N)c1N=Nc1ccc(S(=O)(=O)CCN(CCO)CCS(=O)(=O)c2cccc(N=Nc3c(N)c(N=Nc4ccc(SC#COOS(=O)(=O)O)cc4S(=O)(=O)O)cc(S(=O)(=O)O)c3N)c2)cc1.O.O. The number of anilines is 4. The molecular weight excluding hydrogens is 1520 g/mol. The highest BCUT2D eigenvalue weighted by Gasteiger charge is 2.27. The molecule has 19 N–H and O–H groups in total. The molecule has 98 heavy (non-hydrogen) atoms. The van der Waals surface area contributed by atoms with Gasteiger partial charge in [0, 0.05) is 39.9 Å². The molecule has 0 aliphatic carbocycles.